The summed E-state index contributed by atoms with van der Waals surface area (Å²) in [6.07, 6.45) is 5.56. The Bertz CT molecular complexity index is 384. The zero-order valence-electron chi connectivity index (χ0n) is 10.5. The van der Waals surface area contributed by atoms with E-state index in [0.717, 1.165) is 24.6 Å². The normalized spacial score (nSPS) is 16.3. The molecule has 0 aromatic carbocycles. The van der Waals surface area contributed by atoms with E-state index >= 15 is 0 Å². The van der Waals surface area contributed by atoms with Gasteiger partial charge in [-0.1, -0.05) is 12.8 Å². The lowest BCUT2D eigenvalue weighted by atomic mass is 10.2. The van der Waals surface area contributed by atoms with Crippen LogP contribution in [0.2, 0.25) is 0 Å². The molecule has 5 heteroatoms. The van der Waals surface area contributed by atoms with Gasteiger partial charge in [0.15, 0.2) is 5.82 Å². The molecule has 0 unspecified atom stereocenters. The van der Waals surface area contributed by atoms with Crippen molar-refractivity contribution in [1.29, 1.82) is 0 Å². The molecular weight excluding hydrogens is 230 g/mol. The number of aliphatic carboxylic acids is 1. The second-order valence-corrected chi connectivity index (χ2v) is 4.68. The maximum Gasteiger partial charge on any atom is 0.303 e. The van der Waals surface area contributed by atoms with Crippen molar-refractivity contribution in [3.8, 4) is 0 Å². The minimum atomic E-state index is -0.798. The summed E-state index contributed by atoms with van der Waals surface area (Å²) in [4.78, 5) is 12.7. The van der Waals surface area contributed by atoms with E-state index in [4.69, 9.17) is 5.11 Å². The summed E-state index contributed by atoms with van der Waals surface area (Å²) in [6, 6.07) is 3.84. The van der Waals surface area contributed by atoms with Crippen molar-refractivity contribution in [1.82, 2.24) is 10.2 Å². The molecule has 0 radical (unpaired) electrons. The molecule has 18 heavy (non-hydrogen) atoms. The van der Waals surface area contributed by atoms with Crippen LogP contribution < -0.4 is 4.90 Å². The predicted molar refractivity (Wildman–Crippen MR) is 68.7 cm³/mol. The Morgan fingerprint density at radius 1 is 1.17 bits per heavy atom. The molecule has 0 bridgehead atoms. The Labute approximate surface area is 107 Å². The number of anilines is 1. The van der Waals surface area contributed by atoms with Crippen LogP contribution in [-0.4, -0.2) is 34.4 Å². The van der Waals surface area contributed by atoms with Crippen molar-refractivity contribution in [2.24, 2.45) is 0 Å². The summed E-state index contributed by atoms with van der Waals surface area (Å²) in [5, 5.41) is 16.9. The van der Waals surface area contributed by atoms with E-state index in [-0.39, 0.29) is 6.42 Å². The van der Waals surface area contributed by atoms with Crippen molar-refractivity contribution >= 4 is 11.8 Å². The summed E-state index contributed by atoms with van der Waals surface area (Å²) >= 11 is 0. The van der Waals surface area contributed by atoms with Crippen molar-refractivity contribution in [2.45, 2.75) is 38.5 Å². The third-order valence-corrected chi connectivity index (χ3v) is 3.23. The van der Waals surface area contributed by atoms with Gasteiger partial charge in [-0.15, -0.1) is 5.10 Å². The van der Waals surface area contributed by atoms with E-state index < -0.39 is 5.97 Å². The Morgan fingerprint density at radius 2 is 1.89 bits per heavy atom. The fourth-order valence-electron chi connectivity index (χ4n) is 2.19. The molecule has 2 rings (SSSR count). The number of rotatable bonds is 4. The van der Waals surface area contributed by atoms with E-state index in [1.807, 2.05) is 12.1 Å². The van der Waals surface area contributed by atoms with Gasteiger partial charge in [-0.3, -0.25) is 4.79 Å². The van der Waals surface area contributed by atoms with E-state index in [1.54, 1.807) is 0 Å². The molecule has 2 heterocycles. The van der Waals surface area contributed by atoms with E-state index in [1.165, 1.54) is 25.7 Å². The van der Waals surface area contributed by atoms with E-state index in [9.17, 15) is 4.79 Å². The van der Waals surface area contributed by atoms with E-state index in [2.05, 4.69) is 15.1 Å². The van der Waals surface area contributed by atoms with Gasteiger partial charge >= 0.3 is 5.97 Å². The molecule has 0 atom stereocenters. The molecule has 5 nitrogen and oxygen atoms in total. The van der Waals surface area contributed by atoms with Crippen LogP contribution in [0, 0.1) is 0 Å². The van der Waals surface area contributed by atoms with Gasteiger partial charge in [0, 0.05) is 19.5 Å². The summed E-state index contributed by atoms with van der Waals surface area (Å²) in [5.41, 5.74) is 0.746. The number of hydrogen-bond donors (Lipinski definition) is 1. The van der Waals surface area contributed by atoms with Gasteiger partial charge in [0.2, 0.25) is 0 Å². The van der Waals surface area contributed by atoms with Crippen LogP contribution in [0.5, 0.6) is 0 Å². The van der Waals surface area contributed by atoms with Crippen molar-refractivity contribution in [2.75, 3.05) is 18.0 Å². The highest BCUT2D eigenvalue weighted by molar-refractivity contribution is 5.66. The summed E-state index contributed by atoms with van der Waals surface area (Å²) in [6.45, 7) is 2.09. The largest absolute Gasteiger partial charge is 0.481 e. The van der Waals surface area contributed by atoms with Gasteiger partial charge in [-0.2, -0.15) is 5.10 Å². The zero-order chi connectivity index (χ0) is 12.8. The molecule has 1 fully saturated rings. The summed E-state index contributed by atoms with van der Waals surface area (Å²) in [5.74, 6) is 0.115. The molecule has 1 aromatic heterocycles. The summed E-state index contributed by atoms with van der Waals surface area (Å²) < 4.78 is 0. The number of carboxylic acids is 1. The minimum Gasteiger partial charge on any atom is -0.481 e. The highest BCUT2D eigenvalue weighted by Gasteiger charge is 2.11. The molecule has 0 aliphatic carbocycles. The topological polar surface area (TPSA) is 66.3 Å². The maximum absolute atomic E-state index is 10.5. The first-order chi connectivity index (χ1) is 8.75. The average Bonchev–Trinajstić information content (AvgIpc) is 2.66. The van der Waals surface area contributed by atoms with Gasteiger partial charge < -0.3 is 10.0 Å². The van der Waals surface area contributed by atoms with Gasteiger partial charge in [0.25, 0.3) is 0 Å². The van der Waals surface area contributed by atoms with Crippen LogP contribution in [0.3, 0.4) is 0 Å². The first kappa shape index (κ1) is 12.8. The van der Waals surface area contributed by atoms with E-state index in [0.29, 0.717) is 6.42 Å². The number of aryl methyl sites for hydroxylation is 1. The Kier molecular flexibility index (Phi) is 4.50. The third kappa shape index (κ3) is 3.68. The Hall–Kier alpha value is -1.65. The van der Waals surface area contributed by atoms with Crippen LogP contribution in [0.1, 0.15) is 37.8 Å². The maximum atomic E-state index is 10.5. The van der Waals surface area contributed by atoms with Crippen LogP contribution in [0.15, 0.2) is 12.1 Å². The Morgan fingerprint density at radius 3 is 2.44 bits per heavy atom. The lowest BCUT2D eigenvalue weighted by Gasteiger charge is -2.20. The first-order valence-corrected chi connectivity index (χ1v) is 6.55. The number of nitrogens with zero attached hydrogens (tertiary/aromatic N) is 3. The highest BCUT2D eigenvalue weighted by atomic mass is 16.4. The van der Waals surface area contributed by atoms with Crippen LogP contribution in [0.25, 0.3) is 0 Å². The zero-order valence-corrected chi connectivity index (χ0v) is 10.5. The molecule has 1 aliphatic rings. The quantitative estimate of drug-likeness (QED) is 0.882. The predicted octanol–water partition coefficient (Wildman–Crippen LogP) is 1.87. The molecule has 1 N–H and O–H groups in total. The number of aromatic nitrogens is 2. The van der Waals surface area contributed by atoms with Crippen LogP contribution >= 0.6 is 0 Å². The standard InChI is InChI=1S/C13H19N3O2/c17-13(18)8-6-11-5-7-12(15-14-11)16-9-3-1-2-4-10-16/h5,7H,1-4,6,8-10H2,(H,17,18). The number of hydrogen-bond acceptors (Lipinski definition) is 4. The molecule has 1 aromatic rings. The lowest BCUT2D eigenvalue weighted by molar-refractivity contribution is -0.136. The molecule has 0 spiro atoms. The molecule has 98 valence electrons. The molecule has 0 saturated carbocycles. The highest BCUT2D eigenvalue weighted by Crippen LogP contribution is 2.16. The van der Waals surface area contributed by atoms with Crippen molar-refractivity contribution < 1.29 is 9.90 Å². The second-order valence-electron chi connectivity index (χ2n) is 4.68. The molecular formula is C13H19N3O2. The van der Waals surface area contributed by atoms with Gasteiger partial charge in [0.05, 0.1) is 12.1 Å². The monoisotopic (exact) mass is 249 g/mol. The van der Waals surface area contributed by atoms with Crippen LogP contribution in [-0.2, 0) is 11.2 Å². The van der Waals surface area contributed by atoms with Crippen molar-refractivity contribution in [3.05, 3.63) is 17.8 Å². The SMILES string of the molecule is O=C(O)CCc1ccc(N2CCCCCC2)nn1. The minimum absolute atomic E-state index is 0.109. The Balaban J connectivity index is 1.95. The van der Waals surface area contributed by atoms with Gasteiger partial charge in [0.1, 0.15) is 0 Å². The first-order valence-electron chi connectivity index (χ1n) is 6.55. The third-order valence-electron chi connectivity index (χ3n) is 3.23. The van der Waals surface area contributed by atoms with Crippen molar-refractivity contribution in [3.63, 3.8) is 0 Å². The molecule has 0 amide bonds. The lowest BCUT2D eigenvalue weighted by Crippen LogP contribution is -2.25. The van der Waals surface area contributed by atoms with Gasteiger partial charge in [-0.05, 0) is 25.0 Å². The summed E-state index contributed by atoms with van der Waals surface area (Å²) in [7, 11) is 0. The molecule has 1 aliphatic heterocycles. The number of carboxylic acid groups (broad SMARTS) is 1. The number of carbonyl (C=O) groups is 1. The fraction of sp³-hybridized carbons (Fsp3) is 0.615. The van der Waals surface area contributed by atoms with Gasteiger partial charge in [-0.25, -0.2) is 0 Å². The smallest absolute Gasteiger partial charge is 0.303 e. The van der Waals surface area contributed by atoms with Crippen LogP contribution in [0.4, 0.5) is 5.82 Å². The molecule has 1 saturated heterocycles. The fourth-order valence-corrected chi connectivity index (χ4v) is 2.19. The average molecular weight is 249 g/mol. The second kappa shape index (κ2) is 6.33.